The number of benzene rings is 2. The van der Waals surface area contributed by atoms with Crippen LogP contribution in [0.4, 0.5) is 11.4 Å². The standard InChI is InChI=1S/C21H23N3O5/c25-21(22-13-15-11-16-3-1-2-4-20(16)29-14-15)17-5-6-18(19(12-17)24(26)27)23-7-9-28-10-8-23/h1-6,12,15H,7-11,13-14H2,(H,22,25). The molecule has 0 spiro atoms. The van der Waals surface area contributed by atoms with E-state index in [1.54, 1.807) is 12.1 Å². The molecule has 2 aromatic rings. The van der Waals surface area contributed by atoms with E-state index in [0.717, 1.165) is 17.7 Å². The Labute approximate surface area is 168 Å². The highest BCUT2D eigenvalue weighted by Gasteiger charge is 2.24. The topological polar surface area (TPSA) is 93.9 Å². The molecular weight excluding hydrogens is 374 g/mol. The summed E-state index contributed by atoms with van der Waals surface area (Å²) >= 11 is 0. The number of nitrogens with one attached hydrogen (secondary N) is 1. The zero-order valence-electron chi connectivity index (χ0n) is 16.0. The SMILES string of the molecule is O=C(NCC1COc2ccccc2C1)c1ccc(N2CCOCC2)c([N+](=O)[O-])c1. The van der Waals surface area contributed by atoms with Gasteiger partial charge in [0.1, 0.15) is 11.4 Å². The lowest BCUT2D eigenvalue weighted by Crippen LogP contribution is -2.37. The molecule has 2 heterocycles. The molecule has 8 heteroatoms. The molecule has 0 saturated carbocycles. The Morgan fingerprint density at radius 3 is 2.79 bits per heavy atom. The van der Waals surface area contributed by atoms with Gasteiger partial charge in [0.25, 0.3) is 11.6 Å². The summed E-state index contributed by atoms with van der Waals surface area (Å²) in [6, 6.07) is 12.5. The van der Waals surface area contributed by atoms with Crippen LogP contribution in [0.1, 0.15) is 15.9 Å². The molecular formula is C21H23N3O5. The van der Waals surface area contributed by atoms with E-state index >= 15 is 0 Å². The number of amides is 1. The summed E-state index contributed by atoms with van der Waals surface area (Å²) in [5.74, 6) is 0.737. The highest BCUT2D eigenvalue weighted by Crippen LogP contribution is 2.30. The van der Waals surface area contributed by atoms with Crippen LogP contribution < -0.4 is 15.0 Å². The molecule has 1 fully saturated rings. The summed E-state index contributed by atoms with van der Waals surface area (Å²) in [7, 11) is 0. The van der Waals surface area contributed by atoms with Crippen molar-refractivity contribution in [3.05, 3.63) is 63.7 Å². The van der Waals surface area contributed by atoms with Gasteiger partial charge in [-0.2, -0.15) is 0 Å². The van der Waals surface area contributed by atoms with Crippen LogP contribution in [0.15, 0.2) is 42.5 Å². The fraction of sp³-hybridized carbons (Fsp3) is 0.381. The number of hydrogen-bond acceptors (Lipinski definition) is 6. The van der Waals surface area contributed by atoms with E-state index in [0.29, 0.717) is 45.1 Å². The molecule has 1 saturated heterocycles. The Morgan fingerprint density at radius 1 is 1.21 bits per heavy atom. The van der Waals surface area contributed by atoms with Gasteiger partial charge in [0.2, 0.25) is 0 Å². The van der Waals surface area contributed by atoms with Gasteiger partial charge < -0.3 is 19.7 Å². The van der Waals surface area contributed by atoms with E-state index in [9.17, 15) is 14.9 Å². The van der Waals surface area contributed by atoms with Gasteiger partial charge >= 0.3 is 0 Å². The van der Waals surface area contributed by atoms with Crippen molar-refractivity contribution in [2.75, 3.05) is 44.4 Å². The highest BCUT2D eigenvalue weighted by atomic mass is 16.6. The normalized spacial score (nSPS) is 18.5. The Kier molecular flexibility index (Phi) is 5.62. The summed E-state index contributed by atoms with van der Waals surface area (Å²) in [4.78, 5) is 25.6. The van der Waals surface area contributed by atoms with Crippen LogP contribution in [-0.4, -0.2) is 50.3 Å². The first-order valence-corrected chi connectivity index (χ1v) is 9.72. The molecule has 2 aliphatic heterocycles. The van der Waals surface area contributed by atoms with Crippen LogP contribution in [0.5, 0.6) is 5.75 Å². The highest BCUT2D eigenvalue weighted by molar-refractivity contribution is 5.95. The summed E-state index contributed by atoms with van der Waals surface area (Å²) in [6.45, 7) is 3.24. The zero-order chi connectivity index (χ0) is 20.2. The molecule has 1 amide bonds. The van der Waals surface area contributed by atoms with Crippen molar-refractivity contribution in [3.63, 3.8) is 0 Å². The summed E-state index contributed by atoms with van der Waals surface area (Å²) < 4.78 is 11.1. The zero-order valence-corrected chi connectivity index (χ0v) is 16.0. The van der Waals surface area contributed by atoms with Crippen LogP contribution in [0.3, 0.4) is 0 Å². The first kappa shape index (κ1) is 19.2. The van der Waals surface area contributed by atoms with Gasteiger partial charge in [-0.1, -0.05) is 18.2 Å². The van der Waals surface area contributed by atoms with Crippen molar-refractivity contribution in [2.45, 2.75) is 6.42 Å². The average molecular weight is 397 g/mol. The van der Waals surface area contributed by atoms with Gasteiger partial charge in [-0.25, -0.2) is 0 Å². The van der Waals surface area contributed by atoms with Crippen LogP contribution in [0.25, 0.3) is 0 Å². The van der Waals surface area contributed by atoms with E-state index < -0.39 is 4.92 Å². The quantitative estimate of drug-likeness (QED) is 0.615. The lowest BCUT2D eigenvalue weighted by Gasteiger charge is -2.28. The number of morpholine rings is 1. The van der Waals surface area contributed by atoms with Gasteiger partial charge in [0.05, 0.1) is 24.7 Å². The molecule has 4 rings (SSSR count). The minimum Gasteiger partial charge on any atom is -0.493 e. The maximum Gasteiger partial charge on any atom is 0.293 e. The van der Waals surface area contributed by atoms with Gasteiger partial charge in [-0.15, -0.1) is 0 Å². The molecule has 2 aromatic carbocycles. The van der Waals surface area contributed by atoms with Gasteiger partial charge in [0.15, 0.2) is 0 Å². The van der Waals surface area contributed by atoms with Gasteiger partial charge in [-0.05, 0) is 30.2 Å². The number of carbonyl (C=O) groups is 1. The first-order valence-electron chi connectivity index (χ1n) is 9.72. The van der Waals surface area contributed by atoms with Crippen molar-refractivity contribution in [1.82, 2.24) is 5.32 Å². The van der Waals surface area contributed by atoms with E-state index in [1.165, 1.54) is 6.07 Å². The summed E-state index contributed by atoms with van der Waals surface area (Å²) in [6.07, 6.45) is 0.826. The van der Waals surface area contributed by atoms with Crippen molar-refractivity contribution < 1.29 is 19.2 Å². The van der Waals surface area contributed by atoms with Gasteiger partial charge in [0, 0.05) is 37.2 Å². The predicted octanol–water partition coefficient (Wildman–Crippen LogP) is 2.41. The lowest BCUT2D eigenvalue weighted by atomic mass is 9.96. The maximum absolute atomic E-state index is 12.6. The number of nitrogens with zero attached hydrogens (tertiary/aromatic N) is 2. The molecule has 0 bridgehead atoms. The lowest BCUT2D eigenvalue weighted by molar-refractivity contribution is -0.384. The van der Waals surface area contributed by atoms with Gasteiger partial charge in [-0.3, -0.25) is 14.9 Å². The van der Waals surface area contributed by atoms with Crippen LogP contribution in [0, 0.1) is 16.0 Å². The third-order valence-corrected chi connectivity index (χ3v) is 5.29. The second-order valence-corrected chi connectivity index (χ2v) is 7.26. The minimum absolute atomic E-state index is 0.0607. The summed E-state index contributed by atoms with van der Waals surface area (Å²) in [5.41, 5.74) is 1.87. The van der Waals surface area contributed by atoms with Crippen LogP contribution >= 0.6 is 0 Å². The Morgan fingerprint density at radius 2 is 2.00 bits per heavy atom. The number of nitro groups is 1. The molecule has 152 valence electrons. The number of hydrogen-bond donors (Lipinski definition) is 1. The monoisotopic (exact) mass is 397 g/mol. The molecule has 1 unspecified atom stereocenters. The number of para-hydroxylation sites is 1. The van der Waals surface area contributed by atoms with E-state index in [2.05, 4.69) is 5.32 Å². The number of ether oxygens (including phenoxy) is 2. The minimum atomic E-state index is -0.437. The Hall–Kier alpha value is -3.13. The number of carbonyl (C=O) groups excluding carboxylic acids is 1. The average Bonchev–Trinajstić information content (AvgIpc) is 2.77. The van der Waals surface area contributed by atoms with Crippen molar-refractivity contribution in [3.8, 4) is 5.75 Å². The molecule has 0 aromatic heterocycles. The predicted molar refractivity (Wildman–Crippen MR) is 108 cm³/mol. The summed E-state index contributed by atoms with van der Waals surface area (Å²) in [5, 5.41) is 14.5. The maximum atomic E-state index is 12.6. The molecule has 8 nitrogen and oxygen atoms in total. The molecule has 2 aliphatic rings. The molecule has 0 radical (unpaired) electrons. The second-order valence-electron chi connectivity index (χ2n) is 7.26. The van der Waals surface area contributed by atoms with Crippen molar-refractivity contribution >= 4 is 17.3 Å². The molecule has 29 heavy (non-hydrogen) atoms. The molecule has 0 aliphatic carbocycles. The second kappa shape index (κ2) is 8.48. The van der Waals surface area contributed by atoms with Crippen LogP contribution in [0.2, 0.25) is 0 Å². The number of fused-ring (bicyclic) bond motifs is 1. The molecule has 1 atom stereocenters. The number of nitro benzene ring substituents is 1. The Bertz CT molecular complexity index is 911. The third-order valence-electron chi connectivity index (χ3n) is 5.29. The molecule has 1 N–H and O–H groups in total. The number of anilines is 1. The van der Waals surface area contributed by atoms with E-state index in [1.807, 2.05) is 29.2 Å². The smallest absolute Gasteiger partial charge is 0.293 e. The fourth-order valence-corrected chi connectivity index (χ4v) is 3.74. The van der Waals surface area contributed by atoms with E-state index in [-0.39, 0.29) is 23.1 Å². The van der Waals surface area contributed by atoms with Crippen molar-refractivity contribution in [2.24, 2.45) is 5.92 Å². The first-order chi connectivity index (χ1) is 14.1. The fourth-order valence-electron chi connectivity index (χ4n) is 3.74. The van der Waals surface area contributed by atoms with E-state index in [4.69, 9.17) is 9.47 Å². The number of rotatable bonds is 5. The van der Waals surface area contributed by atoms with Crippen LogP contribution in [-0.2, 0) is 11.2 Å². The van der Waals surface area contributed by atoms with Crippen molar-refractivity contribution in [1.29, 1.82) is 0 Å². The third kappa shape index (κ3) is 4.32. The Balaban J connectivity index is 1.42. The largest absolute Gasteiger partial charge is 0.493 e.